The van der Waals surface area contributed by atoms with Crippen LogP contribution >= 0.6 is 0 Å². The number of carboxylic acid groups (broad SMARTS) is 1. The summed E-state index contributed by atoms with van der Waals surface area (Å²) in [6.07, 6.45) is 13.5. The van der Waals surface area contributed by atoms with Crippen molar-refractivity contribution in [2.45, 2.75) is 103 Å². The molecule has 0 fully saturated rings. The number of rotatable bonds is 7. The average Bonchev–Trinajstić information content (AvgIpc) is 3.02. The van der Waals surface area contributed by atoms with Crippen molar-refractivity contribution in [3.05, 3.63) is 93.5 Å². The fraction of sp³-hybridized carbons (Fsp3) is 0.500. The third-order valence-corrected chi connectivity index (χ3v) is 11.4. The van der Waals surface area contributed by atoms with Gasteiger partial charge in [0.25, 0.3) is 10.0 Å². The molecule has 2 heterocycles. The van der Waals surface area contributed by atoms with E-state index in [0.29, 0.717) is 43.0 Å². The summed E-state index contributed by atoms with van der Waals surface area (Å²) in [6.45, 7) is 10.9. The minimum atomic E-state index is -3.92. The Morgan fingerprint density at radius 2 is 1.91 bits per heavy atom. The third kappa shape index (κ3) is 6.43. The number of benzene rings is 1. The van der Waals surface area contributed by atoms with Gasteiger partial charge in [0, 0.05) is 24.2 Å². The number of carboxylic acids is 1. The first-order valence-electron chi connectivity index (χ1n) is 16.8. The van der Waals surface area contributed by atoms with Crippen LogP contribution in [0.1, 0.15) is 91.5 Å². The van der Waals surface area contributed by atoms with Crippen LogP contribution in [0, 0.1) is 11.8 Å². The van der Waals surface area contributed by atoms with Crippen molar-refractivity contribution >= 4 is 21.6 Å². The van der Waals surface area contributed by atoms with Crippen LogP contribution < -0.4 is 0 Å². The van der Waals surface area contributed by atoms with E-state index < -0.39 is 27.7 Å². The summed E-state index contributed by atoms with van der Waals surface area (Å²) in [5, 5.41) is 10.7. The molecule has 0 saturated heterocycles. The van der Waals surface area contributed by atoms with E-state index in [4.69, 9.17) is 9.47 Å². The van der Waals surface area contributed by atoms with Crippen molar-refractivity contribution in [1.82, 2.24) is 4.31 Å². The van der Waals surface area contributed by atoms with Crippen molar-refractivity contribution in [3.63, 3.8) is 0 Å². The van der Waals surface area contributed by atoms with E-state index in [2.05, 4.69) is 38.2 Å². The molecule has 8 heteroatoms. The predicted octanol–water partition coefficient (Wildman–Crippen LogP) is 8.09. The van der Waals surface area contributed by atoms with E-state index in [0.717, 1.165) is 72.3 Å². The molecular weight excluding hydrogens is 598 g/mol. The second kappa shape index (κ2) is 12.7. The van der Waals surface area contributed by atoms with Gasteiger partial charge in [-0.05, 0) is 123 Å². The van der Waals surface area contributed by atoms with Crippen LogP contribution in [0.3, 0.4) is 0 Å². The SMILES string of the molecule is CC1C=C(c2cccc(S(=O)(=O)N3CCCC4=C3CC(C)C(C3=CC5=C(CC3)OCCC5)=C4C(OC(C)(C)C)C(=O)O)c2)C=CC1. The minimum absolute atomic E-state index is 0.0989. The molecule has 1 aromatic carbocycles. The Hall–Kier alpha value is -3.36. The molecule has 5 aliphatic rings. The van der Waals surface area contributed by atoms with Crippen LogP contribution in [0.5, 0.6) is 0 Å². The third-order valence-electron chi connectivity index (χ3n) is 9.57. The lowest BCUT2D eigenvalue weighted by Crippen LogP contribution is -2.42. The highest BCUT2D eigenvalue weighted by atomic mass is 32.2. The second-order valence-corrected chi connectivity index (χ2v) is 16.2. The molecule has 0 radical (unpaired) electrons. The molecule has 3 atom stereocenters. The highest BCUT2D eigenvalue weighted by Crippen LogP contribution is 2.49. The Labute approximate surface area is 274 Å². The Morgan fingerprint density at radius 1 is 1.11 bits per heavy atom. The lowest BCUT2D eigenvalue weighted by molar-refractivity contribution is -0.155. The summed E-state index contributed by atoms with van der Waals surface area (Å²) in [7, 11) is -3.92. The van der Waals surface area contributed by atoms with E-state index in [-0.39, 0.29) is 10.8 Å². The molecule has 2 aliphatic heterocycles. The van der Waals surface area contributed by atoms with Gasteiger partial charge in [-0.25, -0.2) is 13.2 Å². The molecule has 3 unspecified atom stereocenters. The average molecular weight is 646 g/mol. The van der Waals surface area contributed by atoms with Crippen LogP contribution in [-0.2, 0) is 24.3 Å². The van der Waals surface area contributed by atoms with Crippen molar-refractivity contribution in [1.29, 1.82) is 0 Å². The predicted molar refractivity (Wildman–Crippen MR) is 180 cm³/mol. The standard InChI is InChI=1S/C38H47NO6S/c1-24-10-6-11-26(20-24)27-12-7-14-30(23-27)46(42,43)39-18-8-15-31-32(39)21-25(2)34(35(31)36(37(40)41)45-38(3,4)5)29-16-17-33-28(22-29)13-9-19-44-33/h6-7,11-12,14,20,22-25,36H,8-10,13,15-19,21H2,1-5H3,(H,40,41). The van der Waals surface area contributed by atoms with Gasteiger partial charge in [0.05, 0.1) is 22.9 Å². The van der Waals surface area contributed by atoms with Crippen molar-refractivity contribution < 1.29 is 27.8 Å². The van der Waals surface area contributed by atoms with Gasteiger partial charge in [-0.3, -0.25) is 4.31 Å². The molecule has 0 spiro atoms. The first-order valence-corrected chi connectivity index (χ1v) is 18.2. The molecular formula is C38H47NO6S. The van der Waals surface area contributed by atoms with E-state index in [1.165, 1.54) is 5.57 Å². The van der Waals surface area contributed by atoms with Crippen LogP contribution in [0.15, 0.2) is 92.8 Å². The number of allylic oxidation sites excluding steroid dienone is 10. The van der Waals surface area contributed by atoms with Crippen LogP contribution in [0.4, 0.5) is 0 Å². The molecule has 7 nitrogen and oxygen atoms in total. The smallest absolute Gasteiger partial charge is 0.337 e. The summed E-state index contributed by atoms with van der Waals surface area (Å²) in [5.74, 6) is 0.283. The molecule has 1 aromatic rings. The zero-order chi connectivity index (χ0) is 32.8. The number of carbonyl (C=O) groups is 1. The molecule has 0 saturated carbocycles. The zero-order valence-electron chi connectivity index (χ0n) is 27.8. The van der Waals surface area contributed by atoms with Gasteiger partial charge in [0.15, 0.2) is 6.10 Å². The number of hydrogen-bond acceptors (Lipinski definition) is 5. The van der Waals surface area contributed by atoms with E-state index in [1.54, 1.807) is 16.4 Å². The first kappa shape index (κ1) is 32.6. The maximum Gasteiger partial charge on any atom is 0.337 e. The van der Waals surface area contributed by atoms with Gasteiger partial charge in [-0.15, -0.1) is 0 Å². The normalized spacial score (nSPS) is 24.6. The minimum Gasteiger partial charge on any atom is -0.498 e. The Balaban J connectivity index is 1.49. The summed E-state index contributed by atoms with van der Waals surface area (Å²) in [6, 6.07) is 7.22. The Morgan fingerprint density at radius 3 is 2.65 bits per heavy atom. The summed E-state index contributed by atoms with van der Waals surface area (Å²) in [4.78, 5) is 13.3. The maximum absolute atomic E-state index is 14.5. The van der Waals surface area contributed by atoms with E-state index in [9.17, 15) is 18.3 Å². The van der Waals surface area contributed by atoms with Crippen LogP contribution in [0.25, 0.3) is 5.57 Å². The van der Waals surface area contributed by atoms with Gasteiger partial charge >= 0.3 is 5.97 Å². The molecule has 0 amide bonds. The van der Waals surface area contributed by atoms with E-state index in [1.807, 2.05) is 32.9 Å². The summed E-state index contributed by atoms with van der Waals surface area (Å²) >= 11 is 0. The van der Waals surface area contributed by atoms with Gasteiger partial charge in [0.2, 0.25) is 0 Å². The monoisotopic (exact) mass is 645 g/mol. The number of aliphatic carboxylic acids is 1. The fourth-order valence-corrected chi connectivity index (χ4v) is 9.24. The molecule has 46 heavy (non-hydrogen) atoms. The van der Waals surface area contributed by atoms with Crippen molar-refractivity contribution in [2.75, 3.05) is 13.2 Å². The first-order chi connectivity index (χ1) is 21.8. The molecule has 246 valence electrons. The largest absolute Gasteiger partial charge is 0.498 e. The van der Waals surface area contributed by atoms with Gasteiger partial charge in [-0.1, -0.05) is 50.3 Å². The molecule has 3 aliphatic carbocycles. The lowest BCUT2D eigenvalue weighted by Gasteiger charge is -2.42. The lowest BCUT2D eigenvalue weighted by atomic mass is 9.72. The van der Waals surface area contributed by atoms with Gasteiger partial charge in [-0.2, -0.15) is 0 Å². The number of hydrogen-bond donors (Lipinski definition) is 1. The molecule has 6 rings (SSSR count). The fourth-order valence-electron chi connectivity index (χ4n) is 7.62. The van der Waals surface area contributed by atoms with Crippen molar-refractivity contribution in [2.24, 2.45) is 11.8 Å². The second-order valence-electron chi connectivity index (χ2n) is 14.3. The van der Waals surface area contributed by atoms with E-state index >= 15 is 0 Å². The number of nitrogens with zero attached hydrogens (tertiary/aromatic N) is 1. The van der Waals surface area contributed by atoms with Gasteiger partial charge < -0.3 is 14.6 Å². The summed E-state index contributed by atoms with van der Waals surface area (Å²) < 4.78 is 42.8. The highest BCUT2D eigenvalue weighted by molar-refractivity contribution is 7.89. The van der Waals surface area contributed by atoms with Crippen molar-refractivity contribution in [3.8, 4) is 0 Å². The molecule has 1 N–H and O–H groups in total. The Bertz CT molecular complexity index is 1710. The quantitative estimate of drug-likeness (QED) is 0.322. The highest BCUT2D eigenvalue weighted by Gasteiger charge is 2.43. The Kier molecular flexibility index (Phi) is 8.98. The number of ether oxygens (including phenoxy) is 2. The number of sulfonamides is 1. The maximum atomic E-state index is 14.5. The van der Waals surface area contributed by atoms with Gasteiger partial charge in [0.1, 0.15) is 0 Å². The molecule has 0 bridgehead atoms. The topological polar surface area (TPSA) is 93.1 Å². The van der Waals surface area contributed by atoms with Crippen LogP contribution in [-0.4, -0.2) is 48.7 Å². The summed E-state index contributed by atoms with van der Waals surface area (Å²) in [5.41, 5.74) is 6.65. The van der Waals surface area contributed by atoms with Crippen LogP contribution in [0.2, 0.25) is 0 Å². The molecule has 0 aromatic heterocycles. The zero-order valence-corrected chi connectivity index (χ0v) is 28.6.